The van der Waals surface area contributed by atoms with Crippen molar-refractivity contribution in [2.45, 2.75) is 18.9 Å². The molecule has 0 aliphatic carbocycles. The number of benzene rings is 4. The Morgan fingerprint density at radius 1 is 0.784 bits per heavy atom. The molecule has 0 saturated heterocycles. The lowest BCUT2D eigenvalue weighted by molar-refractivity contribution is -0.148. The van der Waals surface area contributed by atoms with Gasteiger partial charge in [-0.2, -0.15) is 0 Å². The predicted octanol–water partition coefficient (Wildman–Crippen LogP) is 6.74. The van der Waals surface area contributed by atoms with Crippen LogP contribution >= 0.6 is 0 Å². The molecule has 6 heteroatoms. The SMILES string of the molecule is COC(Cc1ccc(OCCCOc2ccc(-c3ccc4oc5ccccc5c4c3)cc2)cc1)C(=O)O. The van der Waals surface area contributed by atoms with Crippen LogP contribution < -0.4 is 9.47 Å². The van der Waals surface area contributed by atoms with E-state index in [1.165, 1.54) is 7.11 Å². The molecule has 0 bridgehead atoms. The summed E-state index contributed by atoms with van der Waals surface area (Å²) in [5, 5.41) is 11.3. The van der Waals surface area contributed by atoms with Crippen molar-refractivity contribution in [1.82, 2.24) is 0 Å². The Morgan fingerprint density at radius 2 is 1.41 bits per heavy atom. The van der Waals surface area contributed by atoms with E-state index in [4.69, 9.17) is 23.7 Å². The number of hydrogen-bond donors (Lipinski definition) is 1. The molecule has 188 valence electrons. The standard InChI is InChI=1S/C31H28O6/c1-34-30(31(32)33)19-21-7-12-24(13-8-21)35-17-4-18-36-25-14-9-22(10-15-25)23-11-16-29-27(20-23)26-5-2-3-6-28(26)37-29/h2-3,5-16,20,30H,4,17-19H2,1H3,(H,32,33). The maximum absolute atomic E-state index is 11.1. The van der Waals surface area contributed by atoms with E-state index < -0.39 is 12.1 Å². The van der Waals surface area contributed by atoms with Gasteiger partial charge in [-0.05, 0) is 59.2 Å². The van der Waals surface area contributed by atoms with Gasteiger partial charge in [-0.1, -0.05) is 48.5 Å². The van der Waals surface area contributed by atoms with Crippen LogP contribution in [0.25, 0.3) is 33.1 Å². The van der Waals surface area contributed by atoms with Crippen molar-refractivity contribution in [2.75, 3.05) is 20.3 Å². The number of para-hydroxylation sites is 1. The molecule has 0 aliphatic rings. The van der Waals surface area contributed by atoms with Gasteiger partial charge in [0, 0.05) is 30.7 Å². The van der Waals surface area contributed by atoms with Gasteiger partial charge in [0.2, 0.25) is 0 Å². The van der Waals surface area contributed by atoms with Gasteiger partial charge in [0.25, 0.3) is 0 Å². The molecular formula is C31H28O6. The van der Waals surface area contributed by atoms with Crippen LogP contribution in [0.2, 0.25) is 0 Å². The van der Waals surface area contributed by atoms with Crippen LogP contribution in [0, 0.1) is 0 Å². The molecule has 1 aromatic heterocycles. The van der Waals surface area contributed by atoms with Crippen LogP contribution in [0.3, 0.4) is 0 Å². The number of furan rings is 1. The minimum Gasteiger partial charge on any atom is -0.493 e. The van der Waals surface area contributed by atoms with Crippen molar-refractivity contribution in [3.63, 3.8) is 0 Å². The van der Waals surface area contributed by atoms with Gasteiger partial charge >= 0.3 is 5.97 Å². The van der Waals surface area contributed by atoms with E-state index >= 15 is 0 Å². The highest BCUT2D eigenvalue weighted by atomic mass is 16.5. The van der Waals surface area contributed by atoms with Gasteiger partial charge in [0.1, 0.15) is 22.7 Å². The molecule has 4 aromatic carbocycles. The Balaban J connectivity index is 1.10. The number of aliphatic carboxylic acids is 1. The maximum atomic E-state index is 11.1. The van der Waals surface area contributed by atoms with Crippen LogP contribution in [0.4, 0.5) is 0 Å². The van der Waals surface area contributed by atoms with E-state index in [1.807, 2.05) is 60.7 Å². The molecule has 5 rings (SSSR count). The minimum atomic E-state index is -0.970. The number of carboxylic acids is 1. The first-order chi connectivity index (χ1) is 18.1. The van der Waals surface area contributed by atoms with Gasteiger partial charge in [0.05, 0.1) is 13.2 Å². The molecule has 5 aromatic rings. The molecule has 0 amide bonds. The molecule has 0 radical (unpaired) electrons. The fourth-order valence-corrected chi connectivity index (χ4v) is 4.30. The topological polar surface area (TPSA) is 78.1 Å². The van der Waals surface area contributed by atoms with Crippen LogP contribution in [0.5, 0.6) is 11.5 Å². The number of fused-ring (bicyclic) bond motifs is 3. The first kappa shape index (κ1) is 24.4. The summed E-state index contributed by atoms with van der Waals surface area (Å²) >= 11 is 0. The van der Waals surface area contributed by atoms with Crippen LogP contribution in [-0.4, -0.2) is 37.5 Å². The Bertz CT molecular complexity index is 1480. The van der Waals surface area contributed by atoms with Crippen LogP contribution in [-0.2, 0) is 16.0 Å². The first-order valence-electron chi connectivity index (χ1n) is 12.2. The zero-order valence-electron chi connectivity index (χ0n) is 20.6. The molecule has 1 unspecified atom stereocenters. The summed E-state index contributed by atoms with van der Waals surface area (Å²) in [5.41, 5.74) is 4.92. The fourth-order valence-electron chi connectivity index (χ4n) is 4.30. The van der Waals surface area contributed by atoms with E-state index in [9.17, 15) is 4.79 Å². The fraction of sp³-hybridized carbons (Fsp3) is 0.194. The Hall–Kier alpha value is -4.29. The molecule has 6 nitrogen and oxygen atoms in total. The highest BCUT2D eigenvalue weighted by Crippen LogP contribution is 2.32. The lowest BCUT2D eigenvalue weighted by Gasteiger charge is -2.11. The largest absolute Gasteiger partial charge is 0.493 e. The summed E-state index contributed by atoms with van der Waals surface area (Å²) in [6, 6.07) is 29.8. The van der Waals surface area contributed by atoms with Gasteiger partial charge in [-0.15, -0.1) is 0 Å². The second-order valence-corrected chi connectivity index (χ2v) is 8.79. The molecule has 0 saturated carbocycles. The average molecular weight is 497 g/mol. The summed E-state index contributed by atoms with van der Waals surface area (Å²) in [6.07, 6.45) is 0.199. The summed E-state index contributed by atoms with van der Waals surface area (Å²) < 4.78 is 22.6. The minimum absolute atomic E-state index is 0.313. The monoisotopic (exact) mass is 496 g/mol. The number of rotatable bonds is 11. The lowest BCUT2D eigenvalue weighted by Crippen LogP contribution is -2.24. The first-order valence-corrected chi connectivity index (χ1v) is 12.2. The third-order valence-corrected chi connectivity index (χ3v) is 6.29. The normalized spacial score (nSPS) is 12.0. The summed E-state index contributed by atoms with van der Waals surface area (Å²) in [7, 11) is 1.40. The lowest BCUT2D eigenvalue weighted by atomic mass is 10.0. The van der Waals surface area contributed by atoms with E-state index in [0.717, 1.165) is 56.5 Å². The highest BCUT2D eigenvalue weighted by Gasteiger charge is 2.16. The molecular weight excluding hydrogens is 468 g/mol. The molecule has 0 fully saturated rings. The third kappa shape index (κ3) is 5.76. The van der Waals surface area contributed by atoms with Gasteiger partial charge in [0.15, 0.2) is 6.10 Å². The van der Waals surface area contributed by atoms with Gasteiger partial charge < -0.3 is 23.7 Å². The van der Waals surface area contributed by atoms with Crippen LogP contribution in [0.1, 0.15) is 12.0 Å². The molecule has 37 heavy (non-hydrogen) atoms. The van der Waals surface area contributed by atoms with E-state index in [1.54, 1.807) is 0 Å². The van der Waals surface area contributed by atoms with Crippen molar-refractivity contribution in [2.24, 2.45) is 0 Å². The van der Waals surface area contributed by atoms with Crippen molar-refractivity contribution in [3.05, 3.63) is 96.6 Å². The van der Waals surface area contributed by atoms with E-state index in [-0.39, 0.29) is 0 Å². The smallest absolute Gasteiger partial charge is 0.333 e. The Kier molecular flexibility index (Phi) is 7.38. The van der Waals surface area contributed by atoms with E-state index in [2.05, 4.69) is 30.3 Å². The molecule has 1 heterocycles. The Morgan fingerprint density at radius 3 is 2.08 bits per heavy atom. The quantitative estimate of drug-likeness (QED) is 0.204. The third-order valence-electron chi connectivity index (χ3n) is 6.29. The molecule has 0 spiro atoms. The number of hydrogen-bond acceptors (Lipinski definition) is 5. The van der Waals surface area contributed by atoms with Gasteiger partial charge in [-0.3, -0.25) is 0 Å². The number of carboxylic acid groups (broad SMARTS) is 1. The average Bonchev–Trinajstić information content (AvgIpc) is 3.30. The number of carbonyl (C=O) groups is 1. The number of ether oxygens (including phenoxy) is 3. The van der Waals surface area contributed by atoms with Crippen molar-refractivity contribution in [3.8, 4) is 22.6 Å². The van der Waals surface area contributed by atoms with Crippen LogP contribution in [0.15, 0.2) is 95.4 Å². The maximum Gasteiger partial charge on any atom is 0.333 e. The molecule has 1 N–H and O–H groups in total. The molecule has 1 atom stereocenters. The number of methoxy groups -OCH3 is 1. The second-order valence-electron chi connectivity index (χ2n) is 8.79. The van der Waals surface area contributed by atoms with Crippen molar-refractivity contribution < 1.29 is 28.5 Å². The predicted molar refractivity (Wildman–Crippen MR) is 143 cm³/mol. The van der Waals surface area contributed by atoms with Crippen molar-refractivity contribution in [1.29, 1.82) is 0 Å². The summed E-state index contributed by atoms with van der Waals surface area (Å²) in [5.74, 6) is 0.579. The summed E-state index contributed by atoms with van der Waals surface area (Å²) in [6.45, 7) is 1.06. The zero-order chi connectivity index (χ0) is 25.6. The molecule has 0 aliphatic heterocycles. The zero-order valence-corrected chi connectivity index (χ0v) is 20.6. The highest BCUT2D eigenvalue weighted by molar-refractivity contribution is 6.06. The van der Waals surface area contributed by atoms with Gasteiger partial charge in [-0.25, -0.2) is 4.79 Å². The summed E-state index contributed by atoms with van der Waals surface area (Å²) in [4.78, 5) is 11.1. The van der Waals surface area contributed by atoms with Crippen molar-refractivity contribution >= 4 is 27.9 Å². The second kappa shape index (κ2) is 11.2. The Labute approximate surface area is 215 Å². The van der Waals surface area contributed by atoms with E-state index in [0.29, 0.717) is 19.6 Å².